The molecule has 0 saturated heterocycles. The van der Waals surface area contributed by atoms with Crippen molar-refractivity contribution in [2.45, 2.75) is 23.6 Å². The molecule has 0 bridgehead atoms. The third-order valence-corrected chi connectivity index (χ3v) is 7.87. The van der Waals surface area contributed by atoms with Crippen LogP contribution in [-0.4, -0.2) is 32.6 Å². The van der Waals surface area contributed by atoms with Gasteiger partial charge in [0.2, 0.25) is 0 Å². The zero-order valence-electron chi connectivity index (χ0n) is 21.2. The number of rotatable bonds is 6. The maximum absolute atomic E-state index is 13.0. The van der Waals surface area contributed by atoms with Gasteiger partial charge in [-0.25, -0.2) is 0 Å². The number of nitrogens with one attached hydrogen (secondary N) is 2. The lowest BCUT2D eigenvalue weighted by Gasteiger charge is -2.05. The van der Waals surface area contributed by atoms with Crippen molar-refractivity contribution in [2.24, 2.45) is 0 Å². The SMILES string of the molecule is C=S(C)(=O)c1cc(-c2cccc(-c3cc(SC)c(-c4ccccc4)[nH]3)c2)[nH]c1-c1ccccc1.CC. The lowest BCUT2D eigenvalue weighted by atomic mass is 10.1. The number of benzene rings is 3. The topological polar surface area (TPSA) is 48.6 Å². The highest BCUT2D eigenvalue weighted by Gasteiger charge is 2.17. The molecule has 36 heavy (non-hydrogen) atoms. The fourth-order valence-corrected chi connectivity index (χ4v) is 5.75. The molecule has 1 atom stereocenters. The van der Waals surface area contributed by atoms with Gasteiger partial charge in [-0.2, -0.15) is 0 Å². The maximum Gasteiger partial charge on any atom is 0.0616 e. The molecule has 0 fully saturated rings. The van der Waals surface area contributed by atoms with Gasteiger partial charge in [0, 0.05) is 22.5 Å². The number of hydrogen-bond acceptors (Lipinski definition) is 2. The molecule has 0 spiro atoms. The average molecular weight is 513 g/mol. The molecule has 0 amide bonds. The molecular weight excluding hydrogens is 480 g/mol. The van der Waals surface area contributed by atoms with Crippen LogP contribution in [-0.2, 0) is 9.52 Å². The van der Waals surface area contributed by atoms with Crippen molar-refractivity contribution in [1.29, 1.82) is 0 Å². The van der Waals surface area contributed by atoms with Crippen LogP contribution in [0.2, 0.25) is 0 Å². The lowest BCUT2D eigenvalue weighted by Crippen LogP contribution is -1.97. The van der Waals surface area contributed by atoms with Crippen molar-refractivity contribution in [3.8, 4) is 45.0 Å². The van der Waals surface area contributed by atoms with E-state index in [0.717, 1.165) is 44.4 Å². The number of aromatic nitrogens is 2. The van der Waals surface area contributed by atoms with E-state index in [-0.39, 0.29) is 0 Å². The molecule has 0 aliphatic heterocycles. The number of aromatic amines is 2. The van der Waals surface area contributed by atoms with Crippen molar-refractivity contribution in [3.63, 3.8) is 0 Å². The Bertz CT molecular complexity index is 1550. The van der Waals surface area contributed by atoms with E-state index in [1.54, 1.807) is 18.0 Å². The third kappa shape index (κ3) is 5.38. The molecule has 0 radical (unpaired) electrons. The zero-order valence-corrected chi connectivity index (χ0v) is 22.8. The summed E-state index contributed by atoms with van der Waals surface area (Å²) in [5.74, 6) is 3.95. The van der Waals surface area contributed by atoms with Crippen LogP contribution in [0.3, 0.4) is 0 Å². The maximum atomic E-state index is 13.0. The second-order valence-electron chi connectivity index (χ2n) is 8.37. The first-order chi connectivity index (χ1) is 17.4. The first kappa shape index (κ1) is 25.7. The van der Waals surface area contributed by atoms with E-state index in [9.17, 15) is 4.21 Å². The molecule has 2 heterocycles. The molecule has 0 saturated carbocycles. The fourth-order valence-electron chi connectivity index (χ4n) is 4.18. The molecule has 3 aromatic carbocycles. The monoisotopic (exact) mass is 512 g/mol. The second kappa shape index (κ2) is 11.1. The van der Waals surface area contributed by atoms with Gasteiger partial charge >= 0.3 is 0 Å². The number of hydrogen-bond donors (Lipinski definition) is 2. The predicted molar refractivity (Wildman–Crippen MR) is 159 cm³/mol. The molecule has 5 rings (SSSR count). The highest BCUT2D eigenvalue weighted by molar-refractivity contribution is 7.99. The van der Waals surface area contributed by atoms with Gasteiger partial charge in [-0.3, -0.25) is 4.21 Å². The van der Waals surface area contributed by atoms with Gasteiger partial charge in [0.15, 0.2) is 0 Å². The van der Waals surface area contributed by atoms with Gasteiger partial charge in [0.05, 0.1) is 16.3 Å². The van der Waals surface area contributed by atoms with Crippen LogP contribution in [0.25, 0.3) is 45.0 Å². The van der Waals surface area contributed by atoms with Crippen molar-refractivity contribution < 1.29 is 4.21 Å². The molecule has 5 aromatic rings. The number of thioether (sulfide) groups is 1. The average Bonchev–Trinajstić information content (AvgIpc) is 3.57. The Morgan fingerprint density at radius 1 is 0.667 bits per heavy atom. The molecule has 184 valence electrons. The Balaban J connectivity index is 0.00000148. The first-order valence-electron chi connectivity index (χ1n) is 12.0. The van der Waals surface area contributed by atoms with Gasteiger partial charge < -0.3 is 9.97 Å². The molecular formula is C31H32N2OS2. The van der Waals surface area contributed by atoms with E-state index in [4.69, 9.17) is 0 Å². The summed E-state index contributed by atoms with van der Waals surface area (Å²) in [5, 5.41) is 0. The van der Waals surface area contributed by atoms with Crippen LogP contribution in [0.4, 0.5) is 0 Å². The molecule has 2 N–H and O–H groups in total. The van der Waals surface area contributed by atoms with Crippen LogP contribution in [0.15, 0.2) is 107 Å². The third-order valence-electron chi connectivity index (χ3n) is 5.86. The first-order valence-corrected chi connectivity index (χ1v) is 15.3. The van der Waals surface area contributed by atoms with Crippen LogP contribution in [0.1, 0.15) is 13.8 Å². The summed E-state index contributed by atoms with van der Waals surface area (Å²) in [6.45, 7) is 4.00. The fraction of sp³-hybridized carbons (Fsp3) is 0.129. The molecule has 5 heteroatoms. The molecule has 1 unspecified atom stereocenters. The minimum atomic E-state index is -2.41. The summed E-state index contributed by atoms with van der Waals surface area (Å²) < 4.78 is 13.0. The van der Waals surface area contributed by atoms with Gasteiger partial charge in [0.1, 0.15) is 0 Å². The molecule has 0 aliphatic carbocycles. The van der Waals surface area contributed by atoms with E-state index in [1.165, 1.54) is 10.5 Å². The normalized spacial score (nSPS) is 12.4. The van der Waals surface area contributed by atoms with E-state index in [1.807, 2.05) is 56.3 Å². The quantitative estimate of drug-likeness (QED) is 0.177. The Hall–Kier alpha value is -3.41. The summed E-state index contributed by atoms with van der Waals surface area (Å²) in [4.78, 5) is 9.10. The summed E-state index contributed by atoms with van der Waals surface area (Å²) in [6, 6.07) is 33.0. The standard InChI is InChI=1S/C29H26N2OS2.C2H6/c1-33-26-18-24(30-28(26)20-11-6-4-7-12-20)22-15-10-16-23(17-22)25-19-27(34(2,3)32)29(31-25)21-13-8-5-9-14-21;1-2/h4-19,30-31H,2H2,1,3H3;1-2H3. The van der Waals surface area contributed by atoms with E-state index in [0.29, 0.717) is 0 Å². The largest absolute Gasteiger partial charge is 0.354 e. The van der Waals surface area contributed by atoms with Crippen molar-refractivity contribution in [1.82, 2.24) is 9.97 Å². The Labute approximate surface area is 219 Å². The highest BCUT2D eigenvalue weighted by atomic mass is 32.2. The molecule has 2 aromatic heterocycles. The van der Waals surface area contributed by atoms with Crippen LogP contribution in [0, 0.1) is 0 Å². The lowest BCUT2D eigenvalue weighted by molar-refractivity contribution is 0.685. The van der Waals surface area contributed by atoms with E-state index in [2.05, 4.69) is 76.7 Å². The van der Waals surface area contributed by atoms with Crippen molar-refractivity contribution in [2.75, 3.05) is 12.5 Å². The number of H-pyrrole nitrogens is 2. The Morgan fingerprint density at radius 3 is 1.67 bits per heavy atom. The van der Waals surface area contributed by atoms with Crippen LogP contribution in [0.5, 0.6) is 0 Å². The Morgan fingerprint density at radius 2 is 1.14 bits per heavy atom. The van der Waals surface area contributed by atoms with Gasteiger partial charge in [-0.15, -0.1) is 11.8 Å². The highest BCUT2D eigenvalue weighted by Crippen LogP contribution is 2.36. The minimum absolute atomic E-state index is 0.745. The van der Waals surface area contributed by atoms with Crippen molar-refractivity contribution in [3.05, 3.63) is 97.1 Å². The van der Waals surface area contributed by atoms with Crippen molar-refractivity contribution >= 4 is 27.2 Å². The molecule has 0 aliphatic rings. The summed E-state index contributed by atoms with van der Waals surface area (Å²) in [5.41, 5.74) is 8.28. The van der Waals surface area contributed by atoms with Gasteiger partial charge in [0.25, 0.3) is 0 Å². The predicted octanol–water partition coefficient (Wildman–Crippen LogP) is 8.46. The van der Waals surface area contributed by atoms with E-state index < -0.39 is 9.52 Å². The summed E-state index contributed by atoms with van der Waals surface area (Å²) in [6.07, 6.45) is 3.79. The summed E-state index contributed by atoms with van der Waals surface area (Å²) in [7, 11) is -2.41. The molecule has 3 nitrogen and oxygen atoms in total. The van der Waals surface area contributed by atoms with Gasteiger partial charge in [-0.1, -0.05) is 92.7 Å². The van der Waals surface area contributed by atoms with Crippen LogP contribution >= 0.6 is 11.8 Å². The van der Waals surface area contributed by atoms with E-state index >= 15 is 0 Å². The zero-order chi connectivity index (χ0) is 25.7. The summed E-state index contributed by atoms with van der Waals surface area (Å²) >= 11 is 1.74. The van der Waals surface area contributed by atoms with Crippen LogP contribution < -0.4 is 0 Å². The minimum Gasteiger partial charge on any atom is -0.354 e. The second-order valence-corrected chi connectivity index (χ2v) is 11.7. The van der Waals surface area contributed by atoms with Gasteiger partial charge in [-0.05, 0) is 62.1 Å². The smallest absolute Gasteiger partial charge is 0.0616 e. The Kier molecular flexibility index (Phi) is 7.92.